The first kappa shape index (κ1) is 22.0. The molecule has 1 aromatic heterocycles. The monoisotopic (exact) mass is 438 g/mol. The molecule has 4 heterocycles. The Hall–Kier alpha value is -2.18. The number of thiocarbonyl (C=S) groups is 1. The third kappa shape index (κ3) is 4.70. The summed E-state index contributed by atoms with van der Waals surface area (Å²) < 4.78 is 5.52. The van der Waals surface area contributed by atoms with E-state index in [0.29, 0.717) is 23.0 Å². The van der Waals surface area contributed by atoms with Crippen LogP contribution in [0.3, 0.4) is 0 Å². The molecule has 0 saturated carbocycles. The fraction of sp³-hybridized carbons (Fsp3) is 0.520. The van der Waals surface area contributed by atoms with Gasteiger partial charge in [0, 0.05) is 29.7 Å². The molecule has 3 saturated heterocycles. The highest BCUT2D eigenvalue weighted by Crippen LogP contribution is 2.42. The average Bonchev–Trinajstić information content (AvgIpc) is 2.75. The summed E-state index contributed by atoms with van der Waals surface area (Å²) in [6.07, 6.45) is 6.44. The molecule has 2 aromatic rings. The Labute approximate surface area is 191 Å². The van der Waals surface area contributed by atoms with Crippen LogP contribution in [-0.2, 0) is 0 Å². The quantitative estimate of drug-likeness (QED) is 0.532. The molecule has 3 aliphatic heterocycles. The first-order valence-electron chi connectivity index (χ1n) is 11.2. The molecule has 5 nitrogen and oxygen atoms in total. The van der Waals surface area contributed by atoms with Gasteiger partial charge in [0.05, 0.1) is 18.7 Å². The Bertz CT molecular complexity index is 970. The Balaban J connectivity index is 1.74. The topological polar surface area (TPSA) is 49.4 Å². The fourth-order valence-corrected chi connectivity index (χ4v) is 5.60. The van der Waals surface area contributed by atoms with Crippen molar-refractivity contribution in [1.29, 1.82) is 0 Å². The van der Waals surface area contributed by atoms with Crippen LogP contribution in [-0.4, -0.2) is 46.8 Å². The molecule has 3 fully saturated rings. The van der Waals surface area contributed by atoms with Crippen molar-refractivity contribution >= 4 is 28.2 Å². The SMILES string of the molecule is C=C[C@@H]1CN2CC[C@H]1C[C@@H]2[C@@H](NC(=S)NC(C)(C)C)c1ccnc2ccc(OC)cc12. The maximum atomic E-state index is 5.75. The largest absolute Gasteiger partial charge is 0.497 e. The second kappa shape index (κ2) is 8.75. The first-order chi connectivity index (χ1) is 14.8. The molecule has 166 valence electrons. The molecular formula is C25H34N4OS. The zero-order valence-electron chi connectivity index (χ0n) is 19.0. The van der Waals surface area contributed by atoms with Gasteiger partial charge in [-0.15, -0.1) is 6.58 Å². The second-order valence-electron chi connectivity index (χ2n) is 9.86. The Morgan fingerprint density at radius 2 is 2.16 bits per heavy atom. The first-order valence-corrected chi connectivity index (χ1v) is 11.6. The Morgan fingerprint density at radius 3 is 2.81 bits per heavy atom. The number of aromatic nitrogens is 1. The van der Waals surface area contributed by atoms with Crippen LogP contribution < -0.4 is 15.4 Å². The number of methoxy groups -OCH3 is 1. The number of nitrogens with one attached hydrogen (secondary N) is 2. The van der Waals surface area contributed by atoms with Crippen LogP contribution in [0.2, 0.25) is 0 Å². The van der Waals surface area contributed by atoms with E-state index < -0.39 is 0 Å². The van der Waals surface area contributed by atoms with Crippen molar-refractivity contribution in [1.82, 2.24) is 20.5 Å². The molecule has 5 rings (SSSR count). The van der Waals surface area contributed by atoms with Gasteiger partial charge in [0.15, 0.2) is 5.11 Å². The average molecular weight is 439 g/mol. The van der Waals surface area contributed by atoms with Crippen LogP contribution in [0.4, 0.5) is 0 Å². The minimum absolute atomic E-state index is 0.0634. The van der Waals surface area contributed by atoms with Crippen molar-refractivity contribution in [2.24, 2.45) is 11.8 Å². The molecule has 5 atom stereocenters. The molecule has 6 heteroatoms. The van der Waals surface area contributed by atoms with E-state index in [-0.39, 0.29) is 11.6 Å². The number of pyridine rings is 1. The van der Waals surface area contributed by atoms with Crippen molar-refractivity contribution < 1.29 is 4.74 Å². The van der Waals surface area contributed by atoms with Crippen LogP contribution in [0, 0.1) is 11.8 Å². The second-order valence-corrected chi connectivity index (χ2v) is 10.3. The fourth-order valence-electron chi connectivity index (χ4n) is 5.17. The van der Waals surface area contributed by atoms with Gasteiger partial charge in [-0.2, -0.15) is 0 Å². The molecule has 31 heavy (non-hydrogen) atoms. The van der Waals surface area contributed by atoms with Gasteiger partial charge in [-0.25, -0.2) is 0 Å². The van der Waals surface area contributed by atoms with E-state index in [1.165, 1.54) is 12.0 Å². The number of piperidine rings is 3. The van der Waals surface area contributed by atoms with Crippen molar-refractivity contribution in [3.8, 4) is 5.75 Å². The molecule has 1 aromatic carbocycles. The summed E-state index contributed by atoms with van der Waals surface area (Å²) in [7, 11) is 1.70. The van der Waals surface area contributed by atoms with Gasteiger partial charge < -0.3 is 15.4 Å². The summed E-state index contributed by atoms with van der Waals surface area (Å²) in [6, 6.07) is 8.65. The summed E-state index contributed by atoms with van der Waals surface area (Å²) in [4.78, 5) is 7.22. The van der Waals surface area contributed by atoms with Crippen molar-refractivity contribution in [2.45, 2.75) is 51.2 Å². The van der Waals surface area contributed by atoms with E-state index >= 15 is 0 Å². The molecule has 3 aliphatic rings. The van der Waals surface area contributed by atoms with E-state index in [1.807, 2.05) is 18.3 Å². The van der Waals surface area contributed by atoms with Gasteiger partial charge in [0.2, 0.25) is 0 Å². The lowest BCUT2D eigenvalue weighted by Crippen LogP contribution is -2.58. The van der Waals surface area contributed by atoms with E-state index in [9.17, 15) is 0 Å². The lowest BCUT2D eigenvalue weighted by molar-refractivity contribution is 0.00424. The summed E-state index contributed by atoms with van der Waals surface area (Å²) in [5.41, 5.74) is 2.09. The number of nitrogens with zero attached hydrogens (tertiary/aromatic N) is 2. The van der Waals surface area contributed by atoms with Crippen molar-refractivity contribution in [3.05, 3.63) is 48.7 Å². The van der Waals surface area contributed by atoms with Crippen LogP contribution in [0.5, 0.6) is 5.75 Å². The third-order valence-corrected chi connectivity index (χ3v) is 6.85. The summed E-state index contributed by atoms with van der Waals surface area (Å²) >= 11 is 5.75. The number of hydrogen-bond acceptors (Lipinski definition) is 4. The summed E-state index contributed by atoms with van der Waals surface area (Å²) in [5, 5.41) is 8.93. The minimum atomic E-state index is -0.0992. The molecule has 0 spiro atoms. The van der Waals surface area contributed by atoms with Crippen LogP contribution in [0.15, 0.2) is 43.1 Å². The highest BCUT2D eigenvalue weighted by Gasteiger charge is 2.43. The third-order valence-electron chi connectivity index (χ3n) is 6.63. The predicted molar refractivity (Wildman–Crippen MR) is 131 cm³/mol. The lowest BCUT2D eigenvalue weighted by atomic mass is 9.73. The highest BCUT2D eigenvalue weighted by atomic mass is 32.1. The lowest BCUT2D eigenvalue weighted by Gasteiger charge is -2.52. The number of ether oxygens (including phenoxy) is 1. The molecular weight excluding hydrogens is 404 g/mol. The summed E-state index contributed by atoms with van der Waals surface area (Å²) in [5.74, 6) is 2.11. The van der Waals surface area contributed by atoms with Gasteiger partial charge >= 0.3 is 0 Å². The van der Waals surface area contributed by atoms with E-state index in [1.54, 1.807) is 7.11 Å². The van der Waals surface area contributed by atoms with Gasteiger partial charge in [0.25, 0.3) is 0 Å². The molecule has 0 amide bonds. The number of benzene rings is 1. The normalized spacial score (nSPS) is 26.3. The van der Waals surface area contributed by atoms with Gasteiger partial charge in [-0.05, 0) is 94.0 Å². The van der Waals surface area contributed by atoms with E-state index in [2.05, 4.69) is 66.1 Å². The van der Waals surface area contributed by atoms with Gasteiger partial charge in [-0.1, -0.05) is 6.08 Å². The molecule has 0 radical (unpaired) electrons. The zero-order chi connectivity index (χ0) is 22.2. The summed E-state index contributed by atoms with van der Waals surface area (Å²) in [6.45, 7) is 12.7. The Morgan fingerprint density at radius 1 is 1.35 bits per heavy atom. The number of hydrogen-bond donors (Lipinski definition) is 2. The maximum absolute atomic E-state index is 5.75. The highest BCUT2D eigenvalue weighted by molar-refractivity contribution is 7.80. The molecule has 2 bridgehead atoms. The smallest absolute Gasteiger partial charge is 0.167 e. The van der Waals surface area contributed by atoms with E-state index in [0.717, 1.165) is 36.2 Å². The predicted octanol–water partition coefficient (Wildman–Crippen LogP) is 4.44. The molecule has 1 unspecified atom stereocenters. The van der Waals surface area contributed by atoms with Gasteiger partial charge in [-0.3, -0.25) is 9.88 Å². The zero-order valence-corrected chi connectivity index (χ0v) is 19.8. The van der Waals surface area contributed by atoms with Crippen LogP contribution >= 0.6 is 12.2 Å². The van der Waals surface area contributed by atoms with Crippen molar-refractivity contribution in [3.63, 3.8) is 0 Å². The molecule has 0 aliphatic carbocycles. The minimum Gasteiger partial charge on any atom is -0.497 e. The van der Waals surface area contributed by atoms with Crippen LogP contribution in [0.1, 0.15) is 45.2 Å². The number of fused-ring (bicyclic) bond motifs is 4. The van der Waals surface area contributed by atoms with Crippen molar-refractivity contribution in [2.75, 3.05) is 20.2 Å². The maximum Gasteiger partial charge on any atom is 0.167 e. The van der Waals surface area contributed by atoms with E-state index in [4.69, 9.17) is 17.0 Å². The van der Waals surface area contributed by atoms with Gasteiger partial charge in [0.1, 0.15) is 5.75 Å². The standard InChI is InChI=1S/C25H34N4OS/c1-6-16-15-29-12-10-17(16)13-22(29)23(27-24(31)28-25(2,3)4)19-9-11-26-21-8-7-18(30-5)14-20(19)21/h6-9,11,14,16-17,22-23H,1,10,12-13,15H2,2-5H3,(H2,27,28,31)/t16-,17+,22-,23+/m1/s1. The number of rotatable bonds is 5. The Kier molecular flexibility index (Phi) is 6.22. The van der Waals surface area contributed by atoms with Crippen LogP contribution in [0.25, 0.3) is 10.9 Å². The molecule has 2 N–H and O–H groups in total.